The van der Waals surface area contributed by atoms with Crippen LogP contribution in [0.3, 0.4) is 0 Å². The summed E-state index contributed by atoms with van der Waals surface area (Å²) in [5, 5.41) is 0. The van der Waals surface area contributed by atoms with Crippen molar-refractivity contribution in [3.05, 3.63) is 11.6 Å². The molecule has 0 radical (unpaired) electrons. The third-order valence-electron chi connectivity index (χ3n) is 3.57. The second-order valence-electron chi connectivity index (χ2n) is 5.04. The molecule has 1 aliphatic rings. The van der Waals surface area contributed by atoms with Crippen LogP contribution in [0.15, 0.2) is 11.6 Å². The molecule has 0 aromatic carbocycles. The quantitative estimate of drug-likeness (QED) is 0.572. The zero-order valence-corrected chi connectivity index (χ0v) is 10.9. The number of carbonyl (C=O) groups excluding carboxylic acids is 1. The highest BCUT2D eigenvalue weighted by Gasteiger charge is 2.21. The fraction of sp³-hybridized carbons (Fsp3) is 0.800. The highest BCUT2D eigenvalue weighted by molar-refractivity contribution is 5.93. The van der Waals surface area contributed by atoms with Gasteiger partial charge >= 0.3 is 0 Å². The van der Waals surface area contributed by atoms with Gasteiger partial charge in [-0.1, -0.05) is 45.1 Å². The molecule has 0 amide bonds. The third kappa shape index (κ3) is 4.51. The van der Waals surface area contributed by atoms with E-state index in [1.54, 1.807) is 0 Å². The molecule has 1 heteroatoms. The van der Waals surface area contributed by atoms with Gasteiger partial charge in [0.1, 0.15) is 0 Å². The number of rotatable bonds is 7. The van der Waals surface area contributed by atoms with Crippen LogP contribution in [-0.4, -0.2) is 5.78 Å². The predicted octanol–water partition coefficient (Wildman–Crippen LogP) is 4.66. The molecule has 0 spiro atoms. The van der Waals surface area contributed by atoms with Crippen molar-refractivity contribution in [3.8, 4) is 0 Å². The summed E-state index contributed by atoms with van der Waals surface area (Å²) in [4.78, 5) is 11.9. The lowest BCUT2D eigenvalue weighted by atomic mass is 9.84. The first-order valence-corrected chi connectivity index (χ1v) is 7.01. The molecule has 0 unspecified atom stereocenters. The van der Waals surface area contributed by atoms with E-state index in [1.165, 1.54) is 44.1 Å². The van der Waals surface area contributed by atoms with Crippen LogP contribution in [0.1, 0.15) is 71.6 Å². The molecular formula is C15H26O. The maximum absolute atomic E-state index is 11.9. The molecule has 0 aromatic rings. The second-order valence-corrected chi connectivity index (χ2v) is 5.04. The zero-order chi connectivity index (χ0) is 11.8. The summed E-state index contributed by atoms with van der Waals surface area (Å²) >= 11 is 0. The van der Waals surface area contributed by atoms with Gasteiger partial charge in [-0.15, -0.1) is 0 Å². The van der Waals surface area contributed by atoms with E-state index < -0.39 is 0 Å². The van der Waals surface area contributed by atoms with Crippen molar-refractivity contribution >= 4 is 5.78 Å². The highest BCUT2D eigenvalue weighted by Crippen LogP contribution is 2.27. The number of hydrogen-bond acceptors (Lipinski definition) is 1. The van der Waals surface area contributed by atoms with Gasteiger partial charge in [0.2, 0.25) is 0 Å². The van der Waals surface area contributed by atoms with Crippen molar-refractivity contribution in [2.24, 2.45) is 5.92 Å². The molecule has 92 valence electrons. The van der Waals surface area contributed by atoms with Gasteiger partial charge in [0.15, 0.2) is 5.78 Å². The Labute approximate surface area is 100 Å². The number of unbranched alkanes of at least 4 members (excludes halogenated alkanes) is 3. The molecule has 16 heavy (non-hydrogen) atoms. The lowest BCUT2D eigenvalue weighted by Crippen LogP contribution is -2.17. The van der Waals surface area contributed by atoms with E-state index in [4.69, 9.17) is 0 Å². The Morgan fingerprint density at radius 3 is 2.56 bits per heavy atom. The molecule has 1 aliphatic carbocycles. The lowest BCUT2D eigenvalue weighted by Gasteiger charge is -2.20. The molecular weight excluding hydrogens is 196 g/mol. The van der Waals surface area contributed by atoms with Gasteiger partial charge in [-0.2, -0.15) is 0 Å². The van der Waals surface area contributed by atoms with Gasteiger partial charge in [0, 0.05) is 5.92 Å². The van der Waals surface area contributed by atoms with Gasteiger partial charge in [-0.25, -0.2) is 0 Å². The molecule has 1 atom stereocenters. The molecule has 0 aromatic heterocycles. The normalized spacial score (nSPS) is 21.0. The Balaban J connectivity index is 2.33. The summed E-state index contributed by atoms with van der Waals surface area (Å²) in [5.41, 5.74) is 1.41. The first-order chi connectivity index (χ1) is 7.77. The molecule has 0 N–H and O–H groups in total. The Morgan fingerprint density at radius 1 is 1.19 bits per heavy atom. The van der Waals surface area contributed by atoms with Crippen molar-refractivity contribution in [1.29, 1.82) is 0 Å². The number of allylic oxidation sites excluding steroid dienone is 2. The van der Waals surface area contributed by atoms with Crippen LogP contribution < -0.4 is 0 Å². The van der Waals surface area contributed by atoms with E-state index in [1.807, 2.05) is 6.08 Å². The van der Waals surface area contributed by atoms with E-state index in [0.29, 0.717) is 11.7 Å². The maximum Gasteiger partial charge on any atom is 0.158 e. The second kappa shape index (κ2) is 7.65. The van der Waals surface area contributed by atoms with Crippen molar-refractivity contribution in [3.63, 3.8) is 0 Å². The van der Waals surface area contributed by atoms with Gasteiger partial charge < -0.3 is 0 Å². The number of hydrogen-bond donors (Lipinski definition) is 0. The minimum absolute atomic E-state index is 0.342. The standard InChI is InChI=1S/C15H26O/c1-3-5-7-8-13-10-11-14(9-6-4-2)15(16)12-13/h12,14H,3-11H2,1-2H3/t14-/m1/s1. The maximum atomic E-state index is 11.9. The summed E-state index contributed by atoms with van der Waals surface area (Å²) in [6, 6.07) is 0. The highest BCUT2D eigenvalue weighted by atomic mass is 16.1. The molecule has 0 saturated heterocycles. The zero-order valence-electron chi connectivity index (χ0n) is 10.9. The third-order valence-corrected chi connectivity index (χ3v) is 3.57. The van der Waals surface area contributed by atoms with Crippen LogP contribution in [0.5, 0.6) is 0 Å². The van der Waals surface area contributed by atoms with Gasteiger partial charge in [0.25, 0.3) is 0 Å². The smallest absolute Gasteiger partial charge is 0.158 e. The molecule has 0 aliphatic heterocycles. The van der Waals surface area contributed by atoms with Crippen LogP contribution in [0.4, 0.5) is 0 Å². The Morgan fingerprint density at radius 2 is 1.94 bits per heavy atom. The summed E-state index contributed by atoms with van der Waals surface area (Å²) < 4.78 is 0. The van der Waals surface area contributed by atoms with Crippen LogP contribution >= 0.6 is 0 Å². The Kier molecular flexibility index (Phi) is 6.44. The van der Waals surface area contributed by atoms with Crippen molar-refractivity contribution in [2.45, 2.75) is 71.6 Å². The van der Waals surface area contributed by atoms with Crippen LogP contribution in [0.25, 0.3) is 0 Å². The van der Waals surface area contributed by atoms with Crippen molar-refractivity contribution < 1.29 is 4.79 Å². The SMILES string of the molecule is CCCCCC1=CC(=O)[C@H](CCCC)CC1. The first-order valence-electron chi connectivity index (χ1n) is 7.01. The topological polar surface area (TPSA) is 17.1 Å². The van der Waals surface area contributed by atoms with Gasteiger partial charge in [0.05, 0.1) is 0 Å². The Bertz CT molecular complexity index is 240. The van der Waals surface area contributed by atoms with E-state index in [2.05, 4.69) is 13.8 Å². The van der Waals surface area contributed by atoms with Crippen LogP contribution in [-0.2, 0) is 4.79 Å². The summed E-state index contributed by atoms with van der Waals surface area (Å²) in [5.74, 6) is 0.751. The largest absolute Gasteiger partial charge is 0.295 e. The molecule has 1 rings (SSSR count). The van der Waals surface area contributed by atoms with E-state index in [9.17, 15) is 4.79 Å². The predicted molar refractivity (Wildman–Crippen MR) is 69.5 cm³/mol. The van der Waals surface area contributed by atoms with Crippen LogP contribution in [0, 0.1) is 5.92 Å². The summed E-state index contributed by atoms with van der Waals surface area (Å²) in [6.45, 7) is 4.42. The summed E-state index contributed by atoms with van der Waals surface area (Å²) in [6.07, 6.45) is 12.7. The average molecular weight is 222 g/mol. The van der Waals surface area contributed by atoms with E-state index >= 15 is 0 Å². The average Bonchev–Trinajstić information content (AvgIpc) is 2.28. The molecule has 0 bridgehead atoms. The summed E-state index contributed by atoms with van der Waals surface area (Å²) in [7, 11) is 0. The van der Waals surface area contributed by atoms with Crippen molar-refractivity contribution in [1.82, 2.24) is 0 Å². The molecule has 0 fully saturated rings. The molecule has 0 saturated carbocycles. The fourth-order valence-corrected chi connectivity index (χ4v) is 2.43. The van der Waals surface area contributed by atoms with E-state index in [-0.39, 0.29) is 0 Å². The van der Waals surface area contributed by atoms with E-state index in [0.717, 1.165) is 19.3 Å². The minimum atomic E-state index is 0.342. The Hall–Kier alpha value is -0.590. The monoisotopic (exact) mass is 222 g/mol. The first kappa shape index (κ1) is 13.5. The lowest BCUT2D eigenvalue weighted by molar-refractivity contribution is -0.119. The van der Waals surface area contributed by atoms with Gasteiger partial charge in [-0.05, 0) is 38.2 Å². The molecule has 0 heterocycles. The minimum Gasteiger partial charge on any atom is -0.295 e. The number of ketones is 1. The van der Waals surface area contributed by atoms with Crippen LogP contribution in [0.2, 0.25) is 0 Å². The fourth-order valence-electron chi connectivity index (χ4n) is 2.43. The molecule has 1 nitrogen and oxygen atoms in total. The van der Waals surface area contributed by atoms with Crippen molar-refractivity contribution in [2.75, 3.05) is 0 Å². The van der Waals surface area contributed by atoms with Gasteiger partial charge in [-0.3, -0.25) is 4.79 Å². The number of carbonyl (C=O) groups is 1.